The van der Waals surface area contributed by atoms with Gasteiger partial charge in [0.15, 0.2) is 5.78 Å². The molecule has 25 heavy (non-hydrogen) atoms. The number of Topliss-reactive ketones (excluding diaryl/α,β-unsaturated/α-hetero) is 1. The van der Waals surface area contributed by atoms with Crippen molar-refractivity contribution in [2.75, 3.05) is 0 Å². The number of rotatable bonds is 5. The van der Waals surface area contributed by atoms with Crippen molar-refractivity contribution < 1.29 is 9.59 Å². The summed E-state index contributed by atoms with van der Waals surface area (Å²) in [5.74, 6) is -0.835. The Kier molecular flexibility index (Phi) is 7.01. The topological polar surface area (TPSA) is 46.2 Å². The monoisotopic (exact) mass is 437 g/mol. The van der Waals surface area contributed by atoms with Gasteiger partial charge < -0.3 is 5.32 Å². The molecular weight excluding hydrogens is 427 g/mol. The quantitative estimate of drug-likeness (QED) is 0.477. The van der Waals surface area contributed by atoms with E-state index in [-0.39, 0.29) is 22.8 Å². The second-order valence-corrected chi connectivity index (χ2v) is 8.40. The Morgan fingerprint density at radius 3 is 2.20 bits per heavy atom. The molecule has 0 bridgehead atoms. The first-order valence-electron chi connectivity index (χ1n) is 7.09. The Bertz CT molecular complexity index is 774. The fraction of sp³-hybridized carbons (Fsp3) is 0.176. The van der Waals surface area contributed by atoms with E-state index in [2.05, 4.69) is 5.32 Å². The lowest BCUT2D eigenvalue weighted by Crippen LogP contribution is -2.45. The number of halogens is 5. The van der Waals surface area contributed by atoms with Gasteiger partial charge >= 0.3 is 0 Å². The summed E-state index contributed by atoms with van der Waals surface area (Å²) in [6, 6.07) is 11.8. The first-order valence-corrected chi connectivity index (χ1v) is 8.98. The van der Waals surface area contributed by atoms with E-state index in [9.17, 15) is 9.59 Å². The Balaban J connectivity index is 2.18. The van der Waals surface area contributed by atoms with Crippen molar-refractivity contribution in [3.05, 3.63) is 69.7 Å². The van der Waals surface area contributed by atoms with Gasteiger partial charge in [-0.1, -0.05) is 76.2 Å². The highest BCUT2D eigenvalue weighted by Gasteiger charge is 2.36. The zero-order chi connectivity index (χ0) is 18.6. The summed E-state index contributed by atoms with van der Waals surface area (Å²) < 4.78 is -1.88. The molecule has 0 saturated carbocycles. The summed E-state index contributed by atoms with van der Waals surface area (Å²) in [4.78, 5) is 24.8. The SMILES string of the molecule is O=C(NC(CC(=O)c1ccc(Cl)cc1Cl)C(Cl)(Cl)Cl)c1ccccc1. The van der Waals surface area contributed by atoms with Gasteiger partial charge in [0.2, 0.25) is 3.79 Å². The van der Waals surface area contributed by atoms with E-state index in [1.165, 1.54) is 18.2 Å². The molecule has 3 nitrogen and oxygen atoms in total. The van der Waals surface area contributed by atoms with Crippen LogP contribution in [0.25, 0.3) is 0 Å². The molecule has 0 saturated heterocycles. The third kappa shape index (κ3) is 5.77. The van der Waals surface area contributed by atoms with Gasteiger partial charge in [-0.15, -0.1) is 0 Å². The van der Waals surface area contributed by atoms with Gasteiger partial charge in [-0.2, -0.15) is 0 Å². The lowest BCUT2D eigenvalue weighted by atomic mass is 10.0. The van der Waals surface area contributed by atoms with E-state index in [0.29, 0.717) is 10.6 Å². The fourth-order valence-corrected chi connectivity index (χ4v) is 3.00. The van der Waals surface area contributed by atoms with Crippen LogP contribution in [0.3, 0.4) is 0 Å². The molecule has 0 spiro atoms. The van der Waals surface area contributed by atoms with Gasteiger partial charge in [0.05, 0.1) is 11.1 Å². The third-order valence-electron chi connectivity index (χ3n) is 3.36. The zero-order valence-electron chi connectivity index (χ0n) is 12.6. The second kappa shape index (κ2) is 8.61. The zero-order valence-corrected chi connectivity index (χ0v) is 16.4. The molecule has 2 rings (SSSR count). The van der Waals surface area contributed by atoms with Crippen LogP contribution in [-0.4, -0.2) is 21.5 Å². The van der Waals surface area contributed by atoms with Crippen molar-refractivity contribution in [3.63, 3.8) is 0 Å². The molecule has 8 heteroatoms. The minimum atomic E-state index is -1.88. The normalized spacial score (nSPS) is 12.5. The van der Waals surface area contributed by atoms with E-state index in [1.54, 1.807) is 30.3 Å². The summed E-state index contributed by atoms with van der Waals surface area (Å²) in [5, 5.41) is 3.17. The first-order chi connectivity index (χ1) is 11.7. The molecule has 0 aliphatic rings. The fourth-order valence-electron chi connectivity index (χ4n) is 2.09. The average molecular weight is 440 g/mol. The molecule has 0 aliphatic carbocycles. The van der Waals surface area contributed by atoms with Crippen LogP contribution in [-0.2, 0) is 0 Å². The molecule has 1 amide bonds. The van der Waals surface area contributed by atoms with Gasteiger partial charge in [-0.3, -0.25) is 9.59 Å². The van der Waals surface area contributed by atoms with Crippen molar-refractivity contribution in [1.82, 2.24) is 5.32 Å². The van der Waals surface area contributed by atoms with Gasteiger partial charge in [-0.25, -0.2) is 0 Å². The molecule has 0 radical (unpaired) electrons. The van der Waals surface area contributed by atoms with Crippen LogP contribution >= 0.6 is 58.0 Å². The van der Waals surface area contributed by atoms with Gasteiger partial charge in [0.25, 0.3) is 5.91 Å². The maximum atomic E-state index is 12.5. The summed E-state index contributed by atoms with van der Waals surface area (Å²) in [5.41, 5.74) is 0.623. The molecule has 1 unspecified atom stereocenters. The van der Waals surface area contributed by atoms with Crippen LogP contribution < -0.4 is 5.32 Å². The molecule has 132 valence electrons. The molecule has 2 aromatic carbocycles. The van der Waals surface area contributed by atoms with Crippen LogP contribution in [0, 0.1) is 0 Å². The van der Waals surface area contributed by atoms with Gasteiger partial charge in [0.1, 0.15) is 0 Å². The van der Waals surface area contributed by atoms with Crippen LogP contribution in [0.15, 0.2) is 48.5 Å². The molecule has 0 aromatic heterocycles. The third-order valence-corrected chi connectivity index (χ3v) is 4.70. The molecular formula is C17H12Cl5NO2. The van der Waals surface area contributed by atoms with Crippen molar-refractivity contribution in [2.24, 2.45) is 0 Å². The Labute approximate surface area is 170 Å². The molecule has 0 heterocycles. The minimum absolute atomic E-state index is 0.190. The maximum absolute atomic E-state index is 12.5. The summed E-state index contributed by atoms with van der Waals surface area (Å²) >= 11 is 29.7. The lowest BCUT2D eigenvalue weighted by molar-refractivity contribution is 0.0913. The standard InChI is InChI=1S/C17H12Cl5NO2/c18-11-6-7-12(13(19)8-11)14(24)9-15(17(20,21)22)23-16(25)10-4-2-1-3-5-10/h1-8,15H,9H2,(H,23,25). The predicted octanol–water partition coefficient (Wildman–Crippen LogP) is 5.74. The highest BCUT2D eigenvalue weighted by Crippen LogP contribution is 2.33. The maximum Gasteiger partial charge on any atom is 0.251 e. The lowest BCUT2D eigenvalue weighted by Gasteiger charge is -2.25. The highest BCUT2D eigenvalue weighted by molar-refractivity contribution is 6.68. The van der Waals surface area contributed by atoms with Crippen molar-refractivity contribution >= 4 is 69.7 Å². The van der Waals surface area contributed by atoms with Crippen LogP contribution in [0.2, 0.25) is 10.0 Å². The van der Waals surface area contributed by atoms with Crippen LogP contribution in [0.4, 0.5) is 0 Å². The van der Waals surface area contributed by atoms with E-state index in [1.807, 2.05) is 0 Å². The van der Waals surface area contributed by atoms with Crippen LogP contribution in [0.5, 0.6) is 0 Å². The Morgan fingerprint density at radius 1 is 1.00 bits per heavy atom. The number of carbonyl (C=O) groups excluding carboxylic acids is 2. The minimum Gasteiger partial charge on any atom is -0.345 e. The number of amides is 1. The first kappa shape index (κ1) is 20.3. The Morgan fingerprint density at radius 2 is 1.64 bits per heavy atom. The number of hydrogen-bond donors (Lipinski definition) is 1. The molecule has 1 atom stereocenters. The number of nitrogens with one attached hydrogen (secondary N) is 1. The van der Waals surface area contributed by atoms with Gasteiger partial charge in [-0.05, 0) is 30.3 Å². The molecule has 0 aliphatic heterocycles. The highest BCUT2D eigenvalue weighted by atomic mass is 35.6. The van der Waals surface area contributed by atoms with E-state index < -0.39 is 15.7 Å². The largest absolute Gasteiger partial charge is 0.345 e. The second-order valence-electron chi connectivity index (χ2n) is 5.19. The van der Waals surface area contributed by atoms with E-state index >= 15 is 0 Å². The summed E-state index contributed by atoms with van der Waals surface area (Å²) in [6.07, 6.45) is -0.240. The number of alkyl halides is 3. The summed E-state index contributed by atoms with van der Waals surface area (Å²) in [6.45, 7) is 0. The molecule has 1 N–H and O–H groups in total. The number of carbonyl (C=O) groups is 2. The smallest absolute Gasteiger partial charge is 0.251 e. The van der Waals surface area contributed by atoms with E-state index in [0.717, 1.165) is 0 Å². The Hall–Kier alpha value is -0.970. The van der Waals surface area contributed by atoms with Crippen molar-refractivity contribution in [3.8, 4) is 0 Å². The number of hydrogen-bond acceptors (Lipinski definition) is 2. The number of benzene rings is 2. The van der Waals surface area contributed by atoms with Crippen molar-refractivity contribution in [1.29, 1.82) is 0 Å². The van der Waals surface area contributed by atoms with E-state index in [4.69, 9.17) is 58.0 Å². The van der Waals surface area contributed by atoms with Crippen LogP contribution in [0.1, 0.15) is 27.1 Å². The van der Waals surface area contributed by atoms with Crippen molar-refractivity contribution in [2.45, 2.75) is 16.3 Å². The number of ketones is 1. The van der Waals surface area contributed by atoms with Gasteiger partial charge in [0, 0.05) is 22.6 Å². The predicted molar refractivity (Wildman–Crippen MR) is 103 cm³/mol. The molecule has 0 fully saturated rings. The summed E-state index contributed by atoms with van der Waals surface area (Å²) in [7, 11) is 0. The average Bonchev–Trinajstić information content (AvgIpc) is 2.54. The molecule has 2 aromatic rings.